The topological polar surface area (TPSA) is 114 Å². The van der Waals surface area contributed by atoms with Gasteiger partial charge in [-0.3, -0.25) is 14.4 Å². The average Bonchev–Trinajstić information content (AvgIpc) is 2.53. The van der Waals surface area contributed by atoms with Crippen molar-refractivity contribution in [2.45, 2.75) is 39.0 Å². The maximum atomic E-state index is 11.7. The maximum Gasteiger partial charge on any atom is 0.331 e. The first-order valence-electron chi connectivity index (χ1n) is 5.80. The number of esters is 1. The minimum absolute atomic E-state index is 0.0715. The lowest BCUT2D eigenvalue weighted by Gasteiger charge is -2.21. The average molecular weight is 271 g/mol. The molecule has 1 saturated heterocycles. The first-order valence-corrected chi connectivity index (χ1v) is 5.80. The summed E-state index contributed by atoms with van der Waals surface area (Å²) in [7, 11) is 0. The standard InChI is InChI=1S/C11H17N3O5/c1-5(15)12-4-8-9(13-6(2)16)10(11(18)19-8)14-7(3)17/h8-10H,4H2,1-3H3,(H,12,15)(H,13,16)(H,14,17)/t8-,9-,10+/m1/s1. The van der Waals surface area contributed by atoms with Gasteiger partial charge < -0.3 is 20.7 Å². The van der Waals surface area contributed by atoms with Crippen LogP contribution in [0.3, 0.4) is 0 Å². The van der Waals surface area contributed by atoms with Crippen LogP contribution in [0.5, 0.6) is 0 Å². The molecule has 106 valence electrons. The van der Waals surface area contributed by atoms with E-state index in [-0.39, 0.29) is 18.4 Å². The number of hydrogen-bond donors (Lipinski definition) is 3. The summed E-state index contributed by atoms with van der Waals surface area (Å²) in [6.07, 6.45) is -0.711. The largest absolute Gasteiger partial charge is 0.457 e. The van der Waals surface area contributed by atoms with E-state index in [9.17, 15) is 19.2 Å². The minimum atomic E-state index is -0.944. The normalized spacial score (nSPS) is 25.4. The summed E-state index contributed by atoms with van der Waals surface area (Å²) in [5, 5.41) is 7.48. The molecule has 0 aromatic carbocycles. The Bertz CT molecular complexity index is 409. The first kappa shape index (κ1) is 14.9. The summed E-state index contributed by atoms with van der Waals surface area (Å²) < 4.78 is 5.06. The predicted octanol–water partition coefficient (Wildman–Crippen LogP) is -1.94. The molecule has 8 nitrogen and oxygen atoms in total. The van der Waals surface area contributed by atoms with Gasteiger partial charge in [0, 0.05) is 20.8 Å². The van der Waals surface area contributed by atoms with E-state index < -0.39 is 30.1 Å². The highest BCUT2D eigenvalue weighted by Crippen LogP contribution is 2.16. The maximum absolute atomic E-state index is 11.7. The van der Waals surface area contributed by atoms with Crippen molar-refractivity contribution in [3.8, 4) is 0 Å². The number of hydrogen-bond acceptors (Lipinski definition) is 5. The fourth-order valence-electron chi connectivity index (χ4n) is 1.85. The number of nitrogens with one attached hydrogen (secondary N) is 3. The van der Waals surface area contributed by atoms with Crippen LogP contribution in [0.2, 0.25) is 0 Å². The lowest BCUT2D eigenvalue weighted by molar-refractivity contribution is -0.144. The zero-order valence-electron chi connectivity index (χ0n) is 11.0. The molecule has 8 heteroatoms. The summed E-state index contributed by atoms with van der Waals surface area (Å²) in [6, 6.07) is -1.65. The Hall–Kier alpha value is -2.12. The molecule has 0 unspecified atom stereocenters. The van der Waals surface area contributed by atoms with E-state index in [0.717, 1.165) is 0 Å². The monoisotopic (exact) mass is 271 g/mol. The lowest BCUT2D eigenvalue weighted by atomic mass is 10.1. The second-order valence-electron chi connectivity index (χ2n) is 4.32. The fourth-order valence-corrected chi connectivity index (χ4v) is 1.85. The molecule has 0 aromatic rings. The summed E-state index contributed by atoms with van der Waals surface area (Å²) in [4.78, 5) is 44.7. The molecule has 19 heavy (non-hydrogen) atoms. The van der Waals surface area contributed by atoms with Crippen molar-refractivity contribution < 1.29 is 23.9 Å². The molecule has 3 amide bonds. The van der Waals surface area contributed by atoms with Crippen LogP contribution in [-0.4, -0.2) is 48.4 Å². The van der Waals surface area contributed by atoms with E-state index in [2.05, 4.69) is 16.0 Å². The van der Waals surface area contributed by atoms with Gasteiger partial charge in [-0.25, -0.2) is 4.79 Å². The SMILES string of the molecule is CC(=O)NC[C@H]1OC(=O)[C@@H](NC(C)=O)[C@@H]1NC(C)=O. The van der Waals surface area contributed by atoms with Gasteiger partial charge in [0.25, 0.3) is 0 Å². The first-order chi connectivity index (χ1) is 8.81. The van der Waals surface area contributed by atoms with Crippen molar-refractivity contribution >= 4 is 23.7 Å². The number of rotatable bonds is 4. The third kappa shape index (κ3) is 4.23. The third-order valence-corrected chi connectivity index (χ3v) is 2.56. The molecular formula is C11H17N3O5. The highest BCUT2D eigenvalue weighted by Gasteiger charge is 2.45. The van der Waals surface area contributed by atoms with Crippen LogP contribution >= 0.6 is 0 Å². The molecule has 1 heterocycles. The Balaban J connectivity index is 2.79. The molecule has 1 fully saturated rings. The second-order valence-corrected chi connectivity index (χ2v) is 4.32. The van der Waals surface area contributed by atoms with Crippen molar-refractivity contribution in [1.29, 1.82) is 0 Å². The van der Waals surface area contributed by atoms with Crippen LogP contribution in [0.4, 0.5) is 0 Å². The molecule has 0 spiro atoms. The van der Waals surface area contributed by atoms with Gasteiger partial charge in [0.2, 0.25) is 17.7 Å². The molecular weight excluding hydrogens is 254 g/mol. The molecule has 1 rings (SSSR count). The number of amides is 3. The summed E-state index contributed by atoms with van der Waals surface area (Å²) >= 11 is 0. The summed E-state index contributed by atoms with van der Waals surface area (Å²) in [5.41, 5.74) is 0. The van der Waals surface area contributed by atoms with E-state index >= 15 is 0 Å². The zero-order valence-corrected chi connectivity index (χ0v) is 11.0. The van der Waals surface area contributed by atoms with E-state index in [4.69, 9.17) is 4.74 Å². The fraction of sp³-hybridized carbons (Fsp3) is 0.636. The molecule has 1 aliphatic rings. The predicted molar refractivity (Wildman–Crippen MR) is 63.8 cm³/mol. The number of ether oxygens (including phenoxy) is 1. The van der Waals surface area contributed by atoms with Gasteiger partial charge in [-0.2, -0.15) is 0 Å². The molecule has 0 aliphatic carbocycles. The van der Waals surface area contributed by atoms with Crippen LogP contribution in [-0.2, 0) is 23.9 Å². The van der Waals surface area contributed by atoms with Gasteiger partial charge >= 0.3 is 5.97 Å². The highest BCUT2D eigenvalue weighted by molar-refractivity contribution is 5.87. The Labute approximate surface area is 110 Å². The van der Waals surface area contributed by atoms with Crippen LogP contribution < -0.4 is 16.0 Å². The molecule has 3 atom stereocenters. The zero-order chi connectivity index (χ0) is 14.6. The Morgan fingerprint density at radius 3 is 2.11 bits per heavy atom. The van der Waals surface area contributed by atoms with Crippen LogP contribution in [0.1, 0.15) is 20.8 Å². The van der Waals surface area contributed by atoms with Gasteiger partial charge in [0.15, 0.2) is 6.04 Å². The number of carbonyl (C=O) groups excluding carboxylic acids is 4. The van der Waals surface area contributed by atoms with Crippen molar-refractivity contribution in [3.05, 3.63) is 0 Å². The Morgan fingerprint density at radius 1 is 1.05 bits per heavy atom. The van der Waals surface area contributed by atoms with E-state index in [1.165, 1.54) is 20.8 Å². The van der Waals surface area contributed by atoms with Gasteiger partial charge in [0.05, 0.1) is 12.6 Å². The molecule has 0 aromatic heterocycles. The summed E-state index contributed by atoms with van der Waals surface area (Å²) in [5.74, 6) is -1.67. The third-order valence-electron chi connectivity index (χ3n) is 2.56. The van der Waals surface area contributed by atoms with Crippen molar-refractivity contribution in [2.24, 2.45) is 0 Å². The van der Waals surface area contributed by atoms with Crippen LogP contribution in [0, 0.1) is 0 Å². The Kier molecular flexibility index (Phi) is 4.85. The molecule has 3 N–H and O–H groups in total. The molecule has 1 aliphatic heterocycles. The number of carbonyl (C=O) groups is 4. The van der Waals surface area contributed by atoms with Gasteiger partial charge in [0.1, 0.15) is 6.10 Å². The second kappa shape index (κ2) is 6.17. The smallest absolute Gasteiger partial charge is 0.331 e. The van der Waals surface area contributed by atoms with Gasteiger partial charge in [-0.15, -0.1) is 0 Å². The molecule has 0 radical (unpaired) electrons. The van der Waals surface area contributed by atoms with E-state index in [1.54, 1.807) is 0 Å². The number of cyclic esters (lactones) is 1. The van der Waals surface area contributed by atoms with Crippen LogP contribution in [0.25, 0.3) is 0 Å². The van der Waals surface area contributed by atoms with Gasteiger partial charge in [-0.05, 0) is 0 Å². The van der Waals surface area contributed by atoms with Gasteiger partial charge in [-0.1, -0.05) is 0 Å². The molecule has 0 saturated carbocycles. The van der Waals surface area contributed by atoms with E-state index in [1.807, 2.05) is 0 Å². The quantitative estimate of drug-likeness (QED) is 0.515. The van der Waals surface area contributed by atoms with E-state index in [0.29, 0.717) is 0 Å². The van der Waals surface area contributed by atoms with Crippen molar-refractivity contribution in [1.82, 2.24) is 16.0 Å². The van der Waals surface area contributed by atoms with Crippen molar-refractivity contribution in [2.75, 3.05) is 6.54 Å². The summed E-state index contributed by atoms with van der Waals surface area (Å²) in [6.45, 7) is 3.96. The lowest BCUT2D eigenvalue weighted by Crippen LogP contribution is -2.55. The molecule has 0 bridgehead atoms. The van der Waals surface area contributed by atoms with Crippen molar-refractivity contribution in [3.63, 3.8) is 0 Å². The van der Waals surface area contributed by atoms with Crippen LogP contribution in [0.15, 0.2) is 0 Å². The highest BCUT2D eigenvalue weighted by atomic mass is 16.6. The Morgan fingerprint density at radius 2 is 1.63 bits per heavy atom. The minimum Gasteiger partial charge on any atom is -0.457 e.